The first-order valence-electron chi connectivity index (χ1n) is 6.54. The summed E-state index contributed by atoms with van der Waals surface area (Å²) in [6.45, 7) is 0. The molecular formula is C18H14OS. The predicted octanol–water partition coefficient (Wildman–Crippen LogP) is 4.57. The molecule has 0 fully saturated rings. The molecule has 20 heavy (non-hydrogen) atoms. The SMILES string of the molecule is O=C1c2ccccc2Cc2ccccc21.c1ccsc1. The van der Waals surface area contributed by atoms with Crippen molar-refractivity contribution in [3.05, 3.63) is 93.7 Å². The Morgan fingerprint density at radius 3 is 1.65 bits per heavy atom. The van der Waals surface area contributed by atoms with Gasteiger partial charge in [-0.05, 0) is 28.3 Å². The second kappa shape index (κ2) is 5.85. The van der Waals surface area contributed by atoms with Gasteiger partial charge >= 0.3 is 0 Å². The lowest BCUT2D eigenvalue weighted by atomic mass is 9.85. The van der Waals surface area contributed by atoms with E-state index in [1.165, 1.54) is 0 Å². The molecule has 0 spiro atoms. The zero-order chi connectivity index (χ0) is 13.8. The van der Waals surface area contributed by atoms with Crippen LogP contribution < -0.4 is 0 Å². The van der Waals surface area contributed by atoms with Crippen molar-refractivity contribution in [1.29, 1.82) is 0 Å². The third-order valence-electron chi connectivity index (χ3n) is 3.33. The lowest BCUT2D eigenvalue weighted by Crippen LogP contribution is -2.14. The van der Waals surface area contributed by atoms with Gasteiger partial charge < -0.3 is 0 Å². The summed E-state index contributed by atoms with van der Waals surface area (Å²) in [5.41, 5.74) is 4.00. The zero-order valence-corrected chi connectivity index (χ0v) is 11.8. The Labute approximate surface area is 122 Å². The highest BCUT2D eigenvalue weighted by Crippen LogP contribution is 2.26. The highest BCUT2D eigenvalue weighted by Gasteiger charge is 2.21. The maximum Gasteiger partial charge on any atom is 0.193 e. The number of ketones is 1. The highest BCUT2D eigenvalue weighted by atomic mass is 32.1. The largest absolute Gasteiger partial charge is 0.289 e. The molecule has 0 bridgehead atoms. The summed E-state index contributed by atoms with van der Waals surface area (Å²) in [4.78, 5) is 12.1. The molecular weight excluding hydrogens is 264 g/mol. The summed E-state index contributed by atoms with van der Waals surface area (Å²) >= 11 is 1.71. The van der Waals surface area contributed by atoms with Crippen LogP contribution in [0.3, 0.4) is 0 Å². The van der Waals surface area contributed by atoms with Crippen molar-refractivity contribution < 1.29 is 4.79 Å². The predicted molar refractivity (Wildman–Crippen MR) is 83.4 cm³/mol. The van der Waals surface area contributed by atoms with Gasteiger partial charge in [0.05, 0.1) is 0 Å². The monoisotopic (exact) mass is 278 g/mol. The molecule has 0 aliphatic heterocycles. The summed E-state index contributed by atoms with van der Waals surface area (Å²) in [7, 11) is 0. The number of hydrogen-bond donors (Lipinski definition) is 0. The van der Waals surface area contributed by atoms with Gasteiger partial charge in [0.25, 0.3) is 0 Å². The Balaban J connectivity index is 0.000000205. The van der Waals surface area contributed by atoms with Crippen molar-refractivity contribution in [1.82, 2.24) is 0 Å². The molecule has 0 atom stereocenters. The summed E-state index contributed by atoms with van der Waals surface area (Å²) in [5, 5.41) is 4.08. The molecule has 4 rings (SSSR count). The van der Waals surface area contributed by atoms with Crippen LogP contribution in [0.2, 0.25) is 0 Å². The molecule has 0 radical (unpaired) electrons. The summed E-state index contributed by atoms with van der Waals surface area (Å²) in [6, 6.07) is 19.7. The van der Waals surface area contributed by atoms with Gasteiger partial charge in [-0.15, -0.1) is 0 Å². The molecule has 3 aromatic rings. The van der Waals surface area contributed by atoms with E-state index in [0.717, 1.165) is 28.7 Å². The Morgan fingerprint density at radius 2 is 1.20 bits per heavy atom. The fourth-order valence-electron chi connectivity index (χ4n) is 2.37. The van der Waals surface area contributed by atoms with E-state index in [0.29, 0.717) is 0 Å². The van der Waals surface area contributed by atoms with Crippen LogP contribution >= 0.6 is 11.3 Å². The van der Waals surface area contributed by atoms with Crippen molar-refractivity contribution >= 4 is 17.1 Å². The van der Waals surface area contributed by atoms with Crippen LogP contribution in [0, 0.1) is 0 Å². The number of carbonyl (C=O) groups excluding carboxylic acids is 1. The molecule has 2 heteroatoms. The molecule has 0 saturated carbocycles. The van der Waals surface area contributed by atoms with Gasteiger partial charge in [-0.2, -0.15) is 11.3 Å². The van der Waals surface area contributed by atoms with E-state index in [-0.39, 0.29) is 5.78 Å². The fourth-order valence-corrected chi connectivity index (χ4v) is 2.82. The number of thiophene rings is 1. The molecule has 0 amide bonds. The minimum Gasteiger partial charge on any atom is -0.289 e. The van der Waals surface area contributed by atoms with Gasteiger partial charge in [0.2, 0.25) is 0 Å². The third kappa shape index (κ3) is 2.56. The van der Waals surface area contributed by atoms with Gasteiger partial charge in [0.1, 0.15) is 0 Å². The molecule has 1 aliphatic carbocycles. The van der Waals surface area contributed by atoms with E-state index >= 15 is 0 Å². The third-order valence-corrected chi connectivity index (χ3v) is 3.96. The second-order valence-corrected chi connectivity index (χ2v) is 5.43. The van der Waals surface area contributed by atoms with Crippen molar-refractivity contribution in [2.24, 2.45) is 0 Å². The van der Waals surface area contributed by atoms with Crippen LogP contribution in [0.25, 0.3) is 0 Å². The smallest absolute Gasteiger partial charge is 0.193 e. The van der Waals surface area contributed by atoms with E-state index in [9.17, 15) is 4.79 Å². The average molecular weight is 278 g/mol. The zero-order valence-electron chi connectivity index (χ0n) is 11.0. The van der Waals surface area contributed by atoms with Crippen molar-refractivity contribution in [3.8, 4) is 0 Å². The van der Waals surface area contributed by atoms with E-state index in [1.54, 1.807) is 11.3 Å². The molecule has 0 N–H and O–H groups in total. The van der Waals surface area contributed by atoms with E-state index in [2.05, 4.69) is 0 Å². The number of hydrogen-bond acceptors (Lipinski definition) is 2. The van der Waals surface area contributed by atoms with Gasteiger partial charge in [-0.1, -0.05) is 60.7 Å². The minimum atomic E-state index is 0.160. The second-order valence-electron chi connectivity index (χ2n) is 4.61. The molecule has 1 nitrogen and oxygen atoms in total. The normalized spacial score (nSPS) is 11.9. The van der Waals surface area contributed by atoms with E-state index in [4.69, 9.17) is 0 Å². The molecule has 1 heterocycles. The summed E-state index contributed by atoms with van der Waals surface area (Å²) < 4.78 is 0. The molecule has 0 unspecified atom stereocenters. The molecule has 1 aliphatic rings. The van der Waals surface area contributed by atoms with Crippen LogP contribution in [-0.4, -0.2) is 5.78 Å². The number of rotatable bonds is 0. The van der Waals surface area contributed by atoms with Crippen LogP contribution in [0.4, 0.5) is 0 Å². The lowest BCUT2D eigenvalue weighted by Gasteiger charge is -2.17. The minimum absolute atomic E-state index is 0.160. The number of benzene rings is 2. The first kappa shape index (κ1) is 12.8. The Kier molecular flexibility index (Phi) is 3.75. The molecule has 1 aromatic heterocycles. The number of fused-ring (bicyclic) bond motifs is 2. The summed E-state index contributed by atoms with van der Waals surface area (Å²) in [6.07, 6.45) is 0.873. The Bertz CT molecular complexity index is 649. The molecule has 0 saturated heterocycles. The lowest BCUT2D eigenvalue weighted by molar-refractivity contribution is 0.103. The van der Waals surface area contributed by atoms with Crippen molar-refractivity contribution in [2.45, 2.75) is 6.42 Å². The topological polar surface area (TPSA) is 17.1 Å². The van der Waals surface area contributed by atoms with Crippen LogP contribution in [0.1, 0.15) is 27.0 Å². The van der Waals surface area contributed by atoms with Crippen LogP contribution in [-0.2, 0) is 6.42 Å². The Morgan fingerprint density at radius 1 is 0.700 bits per heavy atom. The Hall–Kier alpha value is -2.19. The number of carbonyl (C=O) groups is 1. The van der Waals surface area contributed by atoms with Gasteiger partial charge in [0, 0.05) is 11.1 Å². The van der Waals surface area contributed by atoms with Crippen LogP contribution in [0.5, 0.6) is 0 Å². The maximum absolute atomic E-state index is 12.1. The summed E-state index contributed by atoms with van der Waals surface area (Å²) in [5.74, 6) is 0.160. The molecule has 98 valence electrons. The van der Waals surface area contributed by atoms with E-state index < -0.39 is 0 Å². The highest BCUT2D eigenvalue weighted by molar-refractivity contribution is 7.07. The standard InChI is InChI=1S/C14H10O.C4H4S/c15-14-12-7-3-1-5-10(12)9-11-6-2-4-8-13(11)14;1-2-4-5-3-1/h1-8H,9H2;1-4H. The van der Waals surface area contributed by atoms with Crippen molar-refractivity contribution in [2.75, 3.05) is 0 Å². The van der Waals surface area contributed by atoms with Crippen LogP contribution in [0.15, 0.2) is 71.4 Å². The first-order valence-corrected chi connectivity index (χ1v) is 7.48. The average Bonchev–Trinajstić information content (AvgIpc) is 3.07. The fraction of sp³-hybridized carbons (Fsp3) is 0.0556. The van der Waals surface area contributed by atoms with Gasteiger partial charge in [-0.3, -0.25) is 4.79 Å². The van der Waals surface area contributed by atoms with Gasteiger partial charge in [0.15, 0.2) is 5.78 Å². The van der Waals surface area contributed by atoms with Gasteiger partial charge in [-0.25, -0.2) is 0 Å². The molecule has 2 aromatic carbocycles. The van der Waals surface area contributed by atoms with Crippen molar-refractivity contribution in [3.63, 3.8) is 0 Å². The van der Waals surface area contributed by atoms with E-state index in [1.807, 2.05) is 71.4 Å². The first-order chi connectivity index (χ1) is 9.86. The maximum atomic E-state index is 12.1. The quantitative estimate of drug-likeness (QED) is 0.460.